The number of hydrogen-bond donors (Lipinski definition) is 0. The van der Waals surface area contributed by atoms with Gasteiger partial charge in [0.1, 0.15) is 6.61 Å². The summed E-state index contributed by atoms with van der Waals surface area (Å²) in [6.45, 7) is 6.78. The number of carbonyl (C=O) groups excluding carboxylic acids is 2. The molecule has 5 nitrogen and oxygen atoms in total. The molecule has 5 heteroatoms. The third-order valence-electron chi connectivity index (χ3n) is 4.31. The maximum atomic E-state index is 12.5. The van der Waals surface area contributed by atoms with Crippen LogP contribution in [0, 0.1) is 5.92 Å². The van der Waals surface area contributed by atoms with E-state index in [2.05, 4.69) is 0 Å². The van der Waals surface area contributed by atoms with Crippen LogP contribution in [0.3, 0.4) is 0 Å². The molecule has 1 fully saturated rings. The van der Waals surface area contributed by atoms with E-state index in [9.17, 15) is 9.59 Å². The highest BCUT2D eigenvalue weighted by molar-refractivity contribution is 5.80. The van der Waals surface area contributed by atoms with Gasteiger partial charge in [-0.15, -0.1) is 0 Å². The average Bonchev–Trinajstić information content (AvgIpc) is 2.61. The first-order valence-electron chi connectivity index (χ1n) is 8.40. The van der Waals surface area contributed by atoms with Gasteiger partial charge in [0.15, 0.2) is 0 Å². The Balaban J connectivity index is 1.87. The fourth-order valence-electron chi connectivity index (χ4n) is 2.95. The lowest BCUT2D eigenvalue weighted by atomic mass is 9.97. The zero-order valence-corrected chi connectivity index (χ0v) is 14.0. The van der Waals surface area contributed by atoms with E-state index in [0.29, 0.717) is 26.2 Å². The Bertz CT molecular complexity index is 514. The standard InChI is InChI=1S/C18H26N2O3/c1-3-19(4-2)17(21)16-11-8-12-20(13-16)18(22)23-14-15-9-6-5-7-10-15/h5-7,9-10,16H,3-4,8,11-14H2,1-2H3. The Hall–Kier alpha value is -2.04. The number of amides is 2. The topological polar surface area (TPSA) is 49.9 Å². The van der Waals surface area contributed by atoms with Crippen LogP contribution in [0.4, 0.5) is 4.79 Å². The quantitative estimate of drug-likeness (QED) is 0.839. The van der Waals surface area contributed by atoms with E-state index in [1.165, 1.54) is 0 Å². The van der Waals surface area contributed by atoms with Gasteiger partial charge in [-0.2, -0.15) is 0 Å². The van der Waals surface area contributed by atoms with Crippen LogP contribution in [-0.4, -0.2) is 48.0 Å². The van der Waals surface area contributed by atoms with Crippen molar-refractivity contribution in [3.8, 4) is 0 Å². The molecule has 1 saturated heterocycles. The van der Waals surface area contributed by atoms with Crippen molar-refractivity contribution < 1.29 is 14.3 Å². The molecule has 1 atom stereocenters. The predicted molar refractivity (Wildman–Crippen MR) is 88.9 cm³/mol. The fourth-order valence-corrected chi connectivity index (χ4v) is 2.95. The predicted octanol–water partition coefficient (Wildman–Crippen LogP) is 2.90. The molecule has 2 amide bonds. The molecule has 0 radical (unpaired) electrons. The highest BCUT2D eigenvalue weighted by Gasteiger charge is 2.31. The second-order valence-electron chi connectivity index (χ2n) is 5.84. The Kier molecular flexibility index (Phi) is 6.44. The van der Waals surface area contributed by atoms with E-state index in [4.69, 9.17) is 4.74 Å². The van der Waals surface area contributed by atoms with Gasteiger partial charge in [-0.05, 0) is 32.3 Å². The number of rotatable bonds is 5. The molecule has 1 aromatic carbocycles. The van der Waals surface area contributed by atoms with Crippen molar-refractivity contribution in [2.24, 2.45) is 5.92 Å². The molecular formula is C18H26N2O3. The maximum Gasteiger partial charge on any atom is 0.410 e. The maximum absolute atomic E-state index is 12.5. The molecule has 0 aromatic heterocycles. The first kappa shape index (κ1) is 17.3. The molecule has 0 saturated carbocycles. The minimum atomic E-state index is -0.328. The summed E-state index contributed by atoms with van der Waals surface area (Å²) in [6.07, 6.45) is 1.36. The molecule has 126 valence electrons. The Morgan fingerprint density at radius 1 is 1.22 bits per heavy atom. The molecule has 1 aliphatic rings. The number of nitrogens with zero attached hydrogens (tertiary/aromatic N) is 2. The van der Waals surface area contributed by atoms with Crippen LogP contribution in [0.1, 0.15) is 32.3 Å². The summed E-state index contributed by atoms with van der Waals surface area (Å²) in [4.78, 5) is 28.2. The first-order valence-corrected chi connectivity index (χ1v) is 8.40. The summed E-state index contributed by atoms with van der Waals surface area (Å²) in [6, 6.07) is 9.62. The minimum absolute atomic E-state index is 0.104. The van der Waals surface area contributed by atoms with E-state index >= 15 is 0 Å². The zero-order chi connectivity index (χ0) is 16.7. The van der Waals surface area contributed by atoms with Crippen LogP contribution in [0.5, 0.6) is 0 Å². The molecule has 0 bridgehead atoms. The van der Waals surface area contributed by atoms with Crippen molar-refractivity contribution in [1.82, 2.24) is 9.80 Å². The molecule has 0 N–H and O–H groups in total. The van der Waals surface area contributed by atoms with Crippen LogP contribution in [0.25, 0.3) is 0 Å². The summed E-state index contributed by atoms with van der Waals surface area (Å²) in [7, 11) is 0. The van der Waals surface area contributed by atoms with E-state index in [1.54, 1.807) is 4.90 Å². The first-order chi connectivity index (χ1) is 11.2. The van der Waals surface area contributed by atoms with Crippen molar-refractivity contribution >= 4 is 12.0 Å². The number of carbonyl (C=O) groups is 2. The highest BCUT2D eigenvalue weighted by atomic mass is 16.6. The molecule has 1 heterocycles. The van der Waals surface area contributed by atoms with Crippen molar-refractivity contribution in [2.45, 2.75) is 33.3 Å². The zero-order valence-electron chi connectivity index (χ0n) is 14.0. The van der Waals surface area contributed by atoms with E-state index in [1.807, 2.05) is 49.1 Å². The Labute approximate surface area is 138 Å². The summed E-state index contributed by atoms with van der Waals surface area (Å²) in [5.41, 5.74) is 0.966. The normalized spacial score (nSPS) is 17.7. The lowest BCUT2D eigenvalue weighted by Gasteiger charge is -2.33. The van der Waals surface area contributed by atoms with Crippen molar-refractivity contribution in [1.29, 1.82) is 0 Å². The molecular weight excluding hydrogens is 292 g/mol. The van der Waals surface area contributed by atoms with Gasteiger partial charge in [-0.1, -0.05) is 30.3 Å². The van der Waals surface area contributed by atoms with Crippen LogP contribution in [0.2, 0.25) is 0 Å². The Morgan fingerprint density at radius 3 is 2.57 bits per heavy atom. The lowest BCUT2D eigenvalue weighted by Crippen LogP contribution is -2.46. The fraction of sp³-hybridized carbons (Fsp3) is 0.556. The third kappa shape index (κ3) is 4.71. The second kappa shape index (κ2) is 8.56. The van der Waals surface area contributed by atoms with Gasteiger partial charge in [0, 0.05) is 26.2 Å². The molecule has 1 aliphatic heterocycles. The third-order valence-corrected chi connectivity index (χ3v) is 4.31. The minimum Gasteiger partial charge on any atom is -0.445 e. The van der Waals surface area contributed by atoms with Crippen LogP contribution < -0.4 is 0 Å². The van der Waals surface area contributed by atoms with Gasteiger partial charge in [-0.3, -0.25) is 4.79 Å². The summed E-state index contributed by atoms with van der Waals surface area (Å²) in [5.74, 6) is 0.0449. The van der Waals surface area contributed by atoms with Gasteiger partial charge >= 0.3 is 6.09 Å². The van der Waals surface area contributed by atoms with E-state index in [0.717, 1.165) is 18.4 Å². The van der Waals surface area contributed by atoms with Gasteiger partial charge in [0.25, 0.3) is 0 Å². The largest absolute Gasteiger partial charge is 0.445 e. The Morgan fingerprint density at radius 2 is 1.91 bits per heavy atom. The number of piperidine rings is 1. The van der Waals surface area contributed by atoms with E-state index < -0.39 is 0 Å². The molecule has 2 rings (SSSR count). The van der Waals surface area contributed by atoms with Gasteiger partial charge in [0.2, 0.25) is 5.91 Å². The van der Waals surface area contributed by atoms with Crippen molar-refractivity contribution in [3.05, 3.63) is 35.9 Å². The van der Waals surface area contributed by atoms with E-state index in [-0.39, 0.29) is 24.5 Å². The van der Waals surface area contributed by atoms with Gasteiger partial charge in [-0.25, -0.2) is 4.79 Å². The number of ether oxygens (including phenoxy) is 1. The smallest absolute Gasteiger partial charge is 0.410 e. The summed E-state index contributed by atoms with van der Waals surface area (Å²) >= 11 is 0. The second-order valence-corrected chi connectivity index (χ2v) is 5.84. The van der Waals surface area contributed by atoms with Gasteiger partial charge < -0.3 is 14.5 Å². The molecule has 0 spiro atoms. The number of hydrogen-bond acceptors (Lipinski definition) is 3. The molecule has 0 aliphatic carbocycles. The molecule has 1 aromatic rings. The molecule has 1 unspecified atom stereocenters. The monoisotopic (exact) mass is 318 g/mol. The highest BCUT2D eigenvalue weighted by Crippen LogP contribution is 2.20. The SMILES string of the molecule is CCN(CC)C(=O)C1CCCN(C(=O)OCc2ccccc2)C1. The van der Waals surface area contributed by atoms with Crippen LogP contribution in [0.15, 0.2) is 30.3 Å². The van der Waals surface area contributed by atoms with Crippen molar-refractivity contribution in [2.75, 3.05) is 26.2 Å². The lowest BCUT2D eigenvalue weighted by molar-refractivity contribution is -0.136. The summed E-state index contributed by atoms with van der Waals surface area (Å²) in [5, 5.41) is 0. The molecule has 23 heavy (non-hydrogen) atoms. The summed E-state index contributed by atoms with van der Waals surface area (Å²) < 4.78 is 5.37. The van der Waals surface area contributed by atoms with Crippen LogP contribution in [-0.2, 0) is 16.1 Å². The number of benzene rings is 1. The van der Waals surface area contributed by atoms with Crippen LogP contribution >= 0.6 is 0 Å². The van der Waals surface area contributed by atoms with Crippen molar-refractivity contribution in [3.63, 3.8) is 0 Å². The number of likely N-dealkylation sites (tertiary alicyclic amines) is 1. The average molecular weight is 318 g/mol. The van der Waals surface area contributed by atoms with Gasteiger partial charge in [0.05, 0.1) is 5.92 Å².